The summed E-state index contributed by atoms with van der Waals surface area (Å²) in [5.41, 5.74) is 0. The Balaban J connectivity index is 0.00000144. The van der Waals surface area contributed by atoms with E-state index in [9.17, 15) is 9.90 Å². The molecule has 5 heteroatoms. The van der Waals surface area contributed by atoms with Crippen LogP contribution >= 0.6 is 12.4 Å². The zero-order chi connectivity index (χ0) is 11.5. The van der Waals surface area contributed by atoms with Gasteiger partial charge in [0.2, 0.25) is 0 Å². The number of hydrogen-bond acceptors (Lipinski definition) is 4. The molecule has 2 N–H and O–H groups in total. The van der Waals surface area contributed by atoms with Crippen molar-refractivity contribution in [2.24, 2.45) is 11.8 Å². The Kier molecular flexibility index (Phi) is 5.70. The molecule has 0 spiro atoms. The van der Waals surface area contributed by atoms with Crippen LogP contribution in [0.3, 0.4) is 0 Å². The minimum atomic E-state index is -0.165. The Labute approximate surface area is 109 Å². The fourth-order valence-electron chi connectivity index (χ4n) is 3.10. The Hall–Kier alpha value is -0.320. The van der Waals surface area contributed by atoms with E-state index < -0.39 is 0 Å². The lowest BCUT2D eigenvalue weighted by molar-refractivity contribution is -0.150. The Morgan fingerprint density at radius 3 is 2.88 bits per heavy atom. The van der Waals surface area contributed by atoms with Gasteiger partial charge in [0, 0.05) is 0 Å². The number of aliphatic hydroxyl groups is 1. The SMILES string of the molecule is CCOC(=O)C1NCCC2CC(O)CCC21.Cl. The molecule has 4 atom stereocenters. The third kappa shape index (κ3) is 3.33. The molecule has 0 aromatic carbocycles. The summed E-state index contributed by atoms with van der Waals surface area (Å²) in [7, 11) is 0. The van der Waals surface area contributed by atoms with Gasteiger partial charge in [0.15, 0.2) is 0 Å². The predicted molar refractivity (Wildman–Crippen MR) is 67.1 cm³/mol. The molecule has 1 aliphatic carbocycles. The molecule has 2 aliphatic rings. The quantitative estimate of drug-likeness (QED) is 0.733. The van der Waals surface area contributed by atoms with Crippen molar-refractivity contribution in [3.8, 4) is 0 Å². The van der Waals surface area contributed by atoms with Gasteiger partial charge in [-0.05, 0) is 51.0 Å². The number of ether oxygens (including phenoxy) is 1. The molecule has 1 saturated carbocycles. The highest BCUT2D eigenvalue weighted by molar-refractivity contribution is 5.85. The van der Waals surface area contributed by atoms with Gasteiger partial charge in [0.25, 0.3) is 0 Å². The number of hydrogen-bond donors (Lipinski definition) is 2. The standard InChI is InChI=1S/C12H21NO3.ClH/c1-2-16-12(15)11-10-4-3-9(14)7-8(10)5-6-13-11;/h8-11,13-14H,2-7H2,1H3;1H. The molecule has 0 aromatic heterocycles. The van der Waals surface area contributed by atoms with Crippen LogP contribution in [0.2, 0.25) is 0 Å². The van der Waals surface area contributed by atoms with Gasteiger partial charge >= 0.3 is 5.97 Å². The average molecular weight is 264 g/mol. The van der Waals surface area contributed by atoms with E-state index in [0.717, 1.165) is 32.2 Å². The second-order valence-corrected chi connectivity index (χ2v) is 4.86. The monoisotopic (exact) mass is 263 g/mol. The van der Waals surface area contributed by atoms with E-state index in [0.29, 0.717) is 18.4 Å². The zero-order valence-electron chi connectivity index (χ0n) is 10.2. The number of carbonyl (C=O) groups excluding carboxylic acids is 1. The summed E-state index contributed by atoms with van der Waals surface area (Å²) in [6.45, 7) is 3.14. The van der Waals surface area contributed by atoms with Crippen molar-refractivity contribution in [3.05, 3.63) is 0 Å². The number of halogens is 1. The molecule has 1 saturated heterocycles. The van der Waals surface area contributed by atoms with Crippen molar-refractivity contribution >= 4 is 18.4 Å². The van der Waals surface area contributed by atoms with E-state index in [1.807, 2.05) is 6.92 Å². The molecular weight excluding hydrogens is 242 g/mol. The van der Waals surface area contributed by atoms with E-state index in [4.69, 9.17) is 4.74 Å². The topological polar surface area (TPSA) is 58.6 Å². The van der Waals surface area contributed by atoms with Crippen molar-refractivity contribution in [2.75, 3.05) is 13.2 Å². The summed E-state index contributed by atoms with van der Waals surface area (Å²) in [5, 5.41) is 12.9. The number of rotatable bonds is 2. The van der Waals surface area contributed by atoms with Crippen LogP contribution in [0, 0.1) is 11.8 Å². The van der Waals surface area contributed by atoms with Crippen molar-refractivity contribution in [2.45, 2.75) is 44.8 Å². The largest absolute Gasteiger partial charge is 0.465 e. The lowest BCUT2D eigenvalue weighted by Gasteiger charge is -2.42. The minimum Gasteiger partial charge on any atom is -0.465 e. The molecule has 2 fully saturated rings. The molecule has 100 valence electrons. The van der Waals surface area contributed by atoms with Crippen molar-refractivity contribution in [3.63, 3.8) is 0 Å². The lowest BCUT2D eigenvalue weighted by atomic mass is 9.71. The van der Waals surface area contributed by atoms with Gasteiger partial charge in [-0.1, -0.05) is 0 Å². The number of fused-ring (bicyclic) bond motifs is 1. The summed E-state index contributed by atoms with van der Waals surface area (Å²) in [6, 6.07) is -0.147. The van der Waals surface area contributed by atoms with Gasteiger partial charge in [0.05, 0.1) is 12.7 Å². The molecule has 1 aliphatic heterocycles. The van der Waals surface area contributed by atoms with E-state index in [1.165, 1.54) is 0 Å². The van der Waals surface area contributed by atoms with E-state index in [2.05, 4.69) is 5.32 Å². The van der Waals surface area contributed by atoms with Crippen molar-refractivity contribution < 1.29 is 14.6 Å². The Morgan fingerprint density at radius 1 is 1.41 bits per heavy atom. The fraction of sp³-hybridized carbons (Fsp3) is 0.917. The fourth-order valence-corrected chi connectivity index (χ4v) is 3.10. The summed E-state index contributed by atoms with van der Waals surface area (Å²) in [5.74, 6) is 0.726. The third-order valence-electron chi connectivity index (χ3n) is 3.86. The number of nitrogens with one attached hydrogen (secondary N) is 1. The molecule has 0 aromatic rings. The van der Waals surface area contributed by atoms with E-state index >= 15 is 0 Å². The number of carbonyl (C=O) groups is 1. The van der Waals surface area contributed by atoms with Crippen LogP contribution in [0.15, 0.2) is 0 Å². The van der Waals surface area contributed by atoms with Gasteiger partial charge in [-0.2, -0.15) is 0 Å². The highest BCUT2D eigenvalue weighted by atomic mass is 35.5. The normalized spacial score (nSPS) is 36.6. The van der Waals surface area contributed by atoms with Crippen LogP contribution in [0.4, 0.5) is 0 Å². The minimum absolute atomic E-state index is 0. The Bertz CT molecular complexity index is 262. The van der Waals surface area contributed by atoms with Crippen LogP contribution in [-0.2, 0) is 9.53 Å². The van der Waals surface area contributed by atoms with Crippen LogP contribution in [0.5, 0.6) is 0 Å². The zero-order valence-corrected chi connectivity index (χ0v) is 11.0. The van der Waals surface area contributed by atoms with Gasteiger partial charge in [-0.3, -0.25) is 4.79 Å². The molecule has 0 bridgehead atoms. The summed E-state index contributed by atoms with van der Waals surface area (Å²) in [4.78, 5) is 11.8. The summed E-state index contributed by atoms with van der Waals surface area (Å²) < 4.78 is 5.09. The maximum absolute atomic E-state index is 11.8. The van der Waals surface area contributed by atoms with Crippen LogP contribution < -0.4 is 5.32 Å². The number of aliphatic hydroxyl groups excluding tert-OH is 1. The number of piperidine rings is 1. The summed E-state index contributed by atoms with van der Waals surface area (Å²) in [6.07, 6.45) is 3.50. The van der Waals surface area contributed by atoms with Gasteiger partial charge in [-0.25, -0.2) is 0 Å². The first-order chi connectivity index (χ1) is 7.72. The molecular formula is C12H22ClNO3. The molecule has 0 radical (unpaired) electrons. The first-order valence-electron chi connectivity index (χ1n) is 6.30. The third-order valence-corrected chi connectivity index (χ3v) is 3.86. The summed E-state index contributed by atoms with van der Waals surface area (Å²) >= 11 is 0. The van der Waals surface area contributed by atoms with Gasteiger partial charge < -0.3 is 15.2 Å². The molecule has 2 rings (SSSR count). The Morgan fingerprint density at radius 2 is 2.18 bits per heavy atom. The van der Waals surface area contributed by atoms with E-state index in [-0.39, 0.29) is 30.5 Å². The molecule has 17 heavy (non-hydrogen) atoms. The second-order valence-electron chi connectivity index (χ2n) is 4.86. The first-order valence-corrected chi connectivity index (χ1v) is 6.30. The lowest BCUT2D eigenvalue weighted by Crippen LogP contribution is -2.53. The number of esters is 1. The van der Waals surface area contributed by atoms with Crippen molar-refractivity contribution in [1.82, 2.24) is 5.32 Å². The van der Waals surface area contributed by atoms with Crippen molar-refractivity contribution in [1.29, 1.82) is 0 Å². The smallest absolute Gasteiger partial charge is 0.323 e. The first kappa shape index (κ1) is 14.7. The highest BCUT2D eigenvalue weighted by Crippen LogP contribution is 2.37. The van der Waals surface area contributed by atoms with Crippen LogP contribution in [-0.4, -0.2) is 36.4 Å². The highest BCUT2D eigenvalue weighted by Gasteiger charge is 2.41. The molecule has 4 unspecified atom stereocenters. The van der Waals surface area contributed by atoms with Gasteiger partial charge in [0.1, 0.15) is 6.04 Å². The van der Waals surface area contributed by atoms with Crippen LogP contribution in [0.25, 0.3) is 0 Å². The molecule has 4 nitrogen and oxygen atoms in total. The second kappa shape index (κ2) is 6.57. The van der Waals surface area contributed by atoms with Gasteiger partial charge in [-0.15, -0.1) is 12.4 Å². The predicted octanol–water partition coefficient (Wildman–Crippen LogP) is 1.11. The molecule has 0 amide bonds. The van der Waals surface area contributed by atoms with Crippen LogP contribution in [0.1, 0.15) is 32.6 Å². The maximum atomic E-state index is 11.8. The molecule has 1 heterocycles. The maximum Gasteiger partial charge on any atom is 0.323 e. The van der Waals surface area contributed by atoms with E-state index in [1.54, 1.807) is 0 Å². The average Bonchev–Trinajstić information content (AvgIpc) is 2.28.